The average Bonchev–Trinajstić information content (AvgIpc) is 2.56. The summed E-state index contributed by atoms with van der Waals surface area (Å²) in [7, 11) is 1.33. The van der Waals surface area contributed by atoms with Crippen molar-refractivity contribution in [2.24, 2.45) is 0 Å². The molecule has 0 aromatic carbocycles. The van der Waals surface area contributed by atoms with Crippen molar-refractivity contribution < 1.29 is 19.1 Å². The van der Waals surface area contributed by atoms with Crippen LogP contribution in [-0.2, 0) is 9.53 Å². The summed E-state index contributed by atoms with van der Waals surface area (Å²) in [5, 5.41) is 3.09. The monoisotopic (exact) mass is 354 g/mol. The Labute approximate surface area is 146 Å². The quantitative estimate of drug-likeness (QED) is 0.822. The molecule has 1 saturated carbocycles. The Morgan fingerprint density at radius 1 is 1.29 bits per heavy atom. The number of carbonyl (C=O) groups excluding carboxylic acids is 2. The van der Waals surface area contributed by atoms with Gasteiger partial charge in [0.1, 0.15) is 10.6 Å². The van der Waals surface area contributed by atoms with E-state index in [1.54, 1.807) is 0 Å². The lowest BCUT2D eigenvalue weighted by Crippen LogP contribution is -2.56. The molecule has 1 aromatic heterocycles. The molecule has 1 aliphatic carbocycles. The van der Waals surface area contributed by atoms with Crippen LogP contribution in [0, 0.1) is 0 Å². The van der Waals surface area contributed by atoms with E-state index < -0.39 is 17.4 Å². The Kier molecular flexibility index (Phi) is 6.04. The lowest BCUT2D eigenvalue weighted by Gasteiger charge is -2.35. The summed E-state index contributed by atoms with van der Waals surface area (Å²) in [5.74, 6) is -0.522. The highest BCUT2D eigenvalue weighted by atomic mass is 35.5. The van der Waals surface area contributed by atoms with Crippen molar-refractivity contribution in [1.82, 2.24) is 10.3 Å². The number of pyridine rings is 1. The van der Waals surface area contributed by atoms with Crippen LogP contribution >= 0.6 is 11.6 Å². The van der Waals surface area contributed by atoms with E-state index in [0.717, 1.165) is 19.3 Å². The van der Waals surface area contributed by atoms with E-state index >= 15 is 0 Å². The minimum atomic E-state index is -0.969. The number of aromatic nitrogens is 1. The van der Waals surface area contributed by atoms with Gasteiger partial charge in [0, 0.05) is 6.20 Å². The second-order valence-electron chi connectivity index (χ2n) is 6.27. The molecule has 0 aliphatic heterocycles. The summed E-state index contributed by atoms with van der Waals surface area (Å²) in [4.78, 5) is 28.9. The van der Waals surface area contributed by atoms with Crippen molar-refractivity contribution in [2.45, 2.75) is 57.6 Å². The summed E-state index contributed by atoms with van der Waals surface area (Å²) >= 11 is 6.13. The van der Waals surface area contributed by atoms with Crippen LogP contribution in [0.15, 0.2) is 12.3 Å². The van der Waals surface area contributed by atoms with Crippen LogP contribution < -0.4 is 10.1 Å². The first-order valence-electron chi connectivity index (χ1n) is 8.11. The van der Waals surface area contributed by atoms with Gasteiger partial charge in [-0.2, -0.15) is 0 Å². The fraction of sp³-hybridized carbons (Fsp3) is 0.588. The number of amides is 1. The smallest absolute Gasteiger partial charge is 0.331 e. The van der Waals surface area contributed by atoms with Gasteiger partial charge in [-0.25, -0.2) is 9.78 Å². The molecule has 6 nitrogen and oxygen atoms in total. The van der Waals surface area contributed by atoms with Crippen molar-refractivity contribution in [3.05, 3.63) is 22.8 Å². The number of nitrogens with one attached hydrogen (secondary N) is 1. The highest BCUT2D eigenvalue weighted by Gasteiger charge is 2.42. The van der Waals surface area contributed by atoms with Crippen molar-refractivity contribution in [2.75, 3.05) is 7.11 Å². The van der Waals surface area contributed by atoms with Crippen molar-refractivity contribution >= 4 is 23.5 Å². The van der Waals surface area contributed by atoms with E-state index in [1.807, 2.05) is 13.8 Å². The van der Waals surface area contributed by atoms with Crippen LogP contribution in [0.25, 0.3) is 0 Å². The first-order valence-corrected chi connectivity index (χ1v) is 8.49. The Hall–Kier alpha value is -1.82. The summed E-state index contributed by atoms with van der Waals surface area (Å²) < 4.78 is 10.4. The topological polar surface area (TPSA) is 77.5 Å². The zero-order valence-electron chi connectivity index (χ0n) is 14.2. The molecule has 1 fully saturated rings. The van der Waals surface area contributed by atoms with E-state index in [1.165, 1.54) is 19.4 Å². The van der Waals surface area contributed by atoms with Crippen LogP contribution in [0.3, 0.4) is 0 Å². The summed E-state index contributed by atoms with van der Waals surface area (Å²) in [5.41, 5.74) is -0.686. The molecule has 1 heterocycles. The molecule has 1 aliphatic rings. The van der Waals surface area contributed by atoms with Crippen LogP contribution in [-0.4, -0.2) is 35.6 Å². The first kappa shape index (κ1) is 18.5. The molecule has 0 bridgehead atoms. The third kappa shape index (κ3) is 4.17. The number of esters is 1. The second-order valence-corrected chi connectivity index (χ2v) is 6.67. The molecule has 7 heteroatoms. The Bertz CT molecular complexity index is 613. The van der Waals surface area contributed by atoms with E-state index in [4.69, 9.17) is 21.1 Å². The van der Waals surface area contributed by atoms with Gasteiger partial charge in [-0.05, 0) is 32.8 Å². The highest BCUT2D eigenvalue weighted by molar-refractivity contribution is 6.32. The van der Waals surface area contributed by atoms with Gasteiger partial charge in [0.05, 0.1) is 18.8 Å². The Morgan fingerprint density at radius 3 is 2.50 bits per heavy atom. The van der Waals surface area contributed by atoms with E-state index in [9.17, 15) is 9.59 Å². The molecular weight excluding hydrogens is 332 g/mol. The number of nitrogens with zero attached hydrogens (tertiary/aromatic N) is 1. The maximum absolute atomic E-state index is 12.6. The molecule has 1 N–H and O–H groups in total. The van der Waals surface area contributed by atoms with Crippen LogP contribution in [0.5, 0.6) is 5.88 Å². The van der Waals surface area contributed by atoms with E-state index in [2.05, 4.69) is 10.3 Å². The maximum atomic E-state index is 12.6. The normalized spacial score (nSPS) is 16.5. The zero-order chi connectivity index (χ0) is 17.7. The predicted octanol–water partition coefficient (Wildman–Crippen LogP) is 3.13. The number of hydrogen-bond acceptors (Lipinski definition) is 5. The highest BCUT2D eigenvalue weighted by Crippen LogP contribution is 2.30. The minimum Gasteiger partial charge on any atom is -0.474 e. The van der Waals surface area contributed by atoms with Gasteiger partial charge in [-0.3, -0.25) is 4.79 Å². The third-order valence-corrected chi connectivity index (χ3v) is 4.32. The fourth-order valence-electron chi connectivity index (χ4n) is 2.88. The van der Waals surface area contributed by atoms with E-state index in [-0.39, 0.29) is 22.6 Å². The average molecular weight is 355 g/mol. The summed E-state index contributed by atoms with van der Waals surface area (Å²) in [6.07, 6.45) is 5.25. The molecule has 0 spiro atoms. The second kappa shape index (κ2) is 7.83. The molecule has 24 heavy (non-hydrogen) atoms. The standard InChI is InChI=1S/C17H23ClN2O4/c1-11(2)24-15-13(18)9-12(10-19-15)14(21)20-17(16(22)23-3)7-5-4-6-8-17/h9-11H,4-8H2,1-3H3,(H,20,21). The van der Waals surface area contributed by atoms with Gasteiger partial charge in [0.15, 0.2) is 0 Å². The summed E-state index contributed by atoms with van der Waals surface area (Å²) in [6.45, 7) is 3.73. The van der Waals surface area contributed by atoms with E-state index in [0.29, 0.717) is 12.8 Å². The maximum Gasteiger partial charge on any atom is 0.331 e. The van der Waals surface area contributed by atoms with Crippen LogP contribution in [0.1, 0.15) is 56.3 Å². The molecule has 0 radical (unpaired) electrons. The predicted molar refractivity (Wildman–Crippen MR) is 90.3 cm³/mol. The van der Waals surface area contributed by atoms with Gasteiger partial charge in [0.2, 0.25) is 5.88 Å². The van der Waals surface area contributed by atoms with Crippen LogP contribution in [0.4, 0.5) is 0 Å². The van der Waals surface area contributed by atoms with Crippen molar-refractivity contribution in [1.29, 1.82) is 0 Å². The molecule has 1 aromatic rings. The number of carbonyl (C=O) groups is 2. The molecule has 2 rings (SSSR count). The number of hydrogen-bond donors (Lipinski definition) is 1. The van der Waals surface area contributed by atoms with Crippen LogP contribution in [0.2, 0.25) is 5.02 Å². The van der Waals surface area contributed by atoms with Gasteiger partial charge < -0.3 is 14.8 Å². The SMILES string of the molecule is COC(=O)C1(NC(=O)c2cnc(OC(C)C)c(Cl)c2)CCCCC1. The number of methoxy groups -OCH3 is 1. The molecule has 0 atom stereocenters. The molecule has 0 saturated heterocycles. The van der Waals surface area contributed by atoms with Gasteiger partial charge in [0.25, 0.3) is 5.91 Å². The molecule has 0 unspecified atom stereocenters. The first-order chi connectivity index (χ1) is 11.4. The van der Waals surface area contributed by atoms with Gasteiger partial charge in [-0.1, -0.05) is 30.9 Å². The Balaban J connectivity index is 2.18. The number of rotatable bonds is 5. The number of ether oxygens (including phenoxy) is 2. The molecule has 132 valence electrons. The Morgan fingerprint density at radius 2 is 1.96 bits per heavy atom. The third-order valence-electron chi connectivity index (χ3n) is 4.05. The summed E-state index contributed by atoms with van der Waals surface area (Å²) in [6, 6.07) is 1.50. The number of halogens is 1. The molecule has 1 amide bonds. The zero-order valence-corrected chi connectivity index (χ0v) is 15.0. The van der Waals surface area contributed by atoms with Crippen molar-refractivity contribution in [3.8, 4) is 5.88 Å². The van der Waals surface area contributed by atoms with Gasteiger partial charge >= 0.3 is 5.97 Å². The lowest BCUT2D eigenvalue weighted by atomic mass is 9.81. The lowest BCUT2D eigenvalue weighted by molar-refractivity contribution is -0.149. The molecular formula is C17H23ClN2O4. The minimum absolute atomic E-state index is 0.0699. The fourth-order valence-corrected chi connectivity index (χ4v) is 3.09. The van der Waals surface area contributed by atoms with Gasteiger partial charge in [-0.15, -0.1) is 0 Å². The van der Waals surface area contributed by atoms with Crippen molar-refractivity contribution in [3.63, 3.8) is 0 Å². The largest absolute Gasteiger partial charge is 0.474 e.